The molecule has 2 atom stereocenters. The number of rotatable bonds is 1. The lowest BCUT2D eigenvalue weighted by Crippen LogP contribution is -2.47. The fourth-order valence-electron chi connectivity index (χ4n) is 2.52. The van der Waals surface area contributed by atoms with Gasteiger partial charge in [0.05, 0.1) is 6.04 Å². The maximum Gasteiger partial charge on any atom is 0.410 e. The van der Waals surface area contributed by atoms with Gasteiger partial charge in [-0.3, -0.25) is 14.7 Å². The highest BCUT2D eigenvalue weighted by Crippen LogP contribution is 2.32. The van der Waals surface area contributed by atoms with Crippen molar-refractivity contribution in [2.75, 3.05) is 6.54 Å². The Balaban J connectivity index is 2.28. The zero-order chi connectivity index (χ0) is 16.5. The van der Waals surface area contributed by atoms with Crippen LogP contribution in [0.4, 0.5) is 4.79 Å². The summed E-state index contributed by atoms with van der Waals surface area (Å²) in [7, 11) is 0. The van der Waals surface area contributed by atoms with Crippen LogP contribution in [0, 0.1) is 12.8 Å². The summed E-state index contributed by atoms with van der Waals surface area (Å²) >= 11 is 0. The fourth-order valence-corrected chi connectivity index (χ4v) is 2.52. The molecule has 5 heteroatoms. The summed E-state index contributed by atoms with van der Waals surface area (Å²) in [6.07, 6.45) is 1.67. The average molecular weight is 304 g/mol. The van der Waals surface area contributed by atoms with E-state index in [1.54, 1.807) is 11.1 Å². The molecule has 2 heterocycles. The summed E-state index contributed by atoms with van der Waals surface area (Å²) in [5.74, 6) is 0.00700. The first kappa shape index (κ1) is 16.5. The number of carbonyl (C=O) groups is 2. The van der Waals surface area contributed by atoms with E-state index in [0.29, 0.717) is 13.0 Å². The Morgan fingerprint density at radius 3 is 2.59 bits per heavy atom. The minimum absolute atomic E-state index is 0.165. The monoisotopic (exact) mass is 304 g/mol. The molecule has 0 aliphatic carbocycles. The van der Waals surface area contributed by atoms with Crippen LogP contribution in [0.15, 0.2) is 18.3 Å². The highest BCUT2D eigenvalue weighted by molar-refractivity contribution is 5.84. The summed E-state index contributed by atoms with van der Waals surface area (Å²) in [6.45, 7) is 9.66. The third-order valence-corrected chi connectivity index (χ3v) is 3.74. The van der Waals surface area contributed by atoms with Crippen LogP contribution in [0.2, 0.25) is 0 Å². The maximum atomic E-state index is 12.5. The number of aryl methyl sites for hydroxylation is 1. The van der Waals surface area contributed by atoms with Gasteiger partial charge in [0, 0.05) is 30.8 Å². The number of aromatic nitrogens is 1. The highest BCUT2D eigenvalue weighted by Gasteiger charge is 2.37. The largest absolute Gasteiger partial charge is 0.444 e. The minimum atomic E-state index is -0.558. The molecule has 2 unspecified atom stereocenters. The van der Waals surface area contributed by atoms with E-state index < -0.39 is 5.60 Å². The van der Waals surface area contributed by atoms with E-state index >= 15 is 0 Å². The number of likely N-dealkylation sites (tertiary alicyclic amines) is 1. The molecule has 0 N–H and O–H groups in total. The Labute approximate surface area is 131 Å². The molecular weight excluding hydrogens is 280 g/mol. The molecule has 120 valence electrons. The lowest BCUT2D eigenvalue weighted by molar-refractivity contribution is -0.127. The van der Waals surface area contributed by atoms with E-state index in [-0.39, 0.29) is 23.8 Å². The van der Waals surface area contributed by atoms with Crippen LogP contribution < -0.4 is 0 Å². The average Bonchev–Trinajstić information content (AvgIpc) is 2.40. The van der Waals surface area contributed by atoms with Gasteiger partial charge in [0.1, 0.15) is 11.4 Å². The first-order chi connectivity index (χ1) is 10.2. The second-order valence-corrected chi connectivity index (χ2v) is 6.95. The Morgan fingerprint density at radius 1 is 1.36 bits per heavy atom. The number of hydrogen-bond donors (Lipinski definition) is 0. The van der Waals surface area contributed by atoms with Crippen molar-refractivity contribution in [1.29, 1.82) is 0 Å². The van der Waals surface area contributed by atoms with E-state index in [2.05, 4.69) is 4.98 Å². The second-order valence-electron chi connectivity index (χ2n) is 6.95. The first-order valence-electron chi connectivity index (χ1n) is 7.62. The zero-order valence-electron chi connectivity index (χ0n) is 13.9. The molecule has 1 amide bonds. The predicted molar refractivity (Wildman–Crippen MR) is 83.4 cm³/mol. The van der Waals surface area contributed by atoms with Crippen LogP contribution in [0.3, 0.4) is 0 Å². The number of Topliss-reactive ketones (excluding diaryl/α,β-unsaturated/α-hetero) is 1. The molecule has 22 heavy (non-hydrogen) atoms. The van der Waals surface area contributed by atoms with Crippen molar-refractivity contribution >= 4 is 11.9 Å². The number of ether oxygens (including phenoxy) is 1. The lowest BCUT2D eigenvalue weighted by atomic mass is 9.89. The van der Waals surface area contributed by atoms with Crippen molar-refractivity contribution < 1.29 is 14.3 Å². The molecular formula is C17H24N2O3. The number of ketones is 1. The smallest absolute Gasteiger partial charge is 0.410 e. The number of pyridine rings is 1. The van der Waals surface area contributed by atoms with E-state index in [0.717, 1.165) is 11.3 Å². The summed E-state index contributed by atoms with van der Waals surface area (Å²) in [4.78, 5) is 30.5. The van der Waals surface area contributed by atoms with E-state index in [1.807, 2.05) is 46.8 Å². The standard InChI is InChI=1S/C17H24N2O3/c1-11-10-19(16(21)22-17(3,4)5)14(8-15(11)20)13-7-6-12(2)18-9-13/h6-7,9,11,14H,8,10H2,1-5H3. The molecule has 0 bridgehead atoms. The van der Waals surface area contributed by atoms with Gasteiger partial charge in [-0.2, -0.15) is 0 Å². The summed E-state index contributed by atoms with van der Waals surface area (Å²) in [5, 5.41) is 0. The van der Waals surface area contributed by atoms with Crippen LogP contribution in [-0.4, -0.2) is 33.9 Å². The molecule has 1 aliphatic rings. The molecule has 1 aromatic heterocycles. The van der Waals surface area contributed by atoms with Gasteiger partial charge in [0.15, 0.2) is 0 Å². The van der Waals surface area contributed by atoms with Gasteiger partial charge in [-0.05, 0) is 39.3 Å². The molecule has 0 aromatic carbocycles. The molecule has 5 nitrogen and oxygen atoms in total. The van der Waals surface area contributed by atoms with Crippen molar-refractivity contribution in [2.24, 2.45) is 5.92 Å². The van der Waals surface area contributed by atoms with Gasteiger partial charge in [-0.15, -0.1) is 0 Å². The number of carbonyl (C=O) groups excluding carboxylic acids is 2. The molecule has 0 spiro atoms. The fraction of sp³-hybridized carbons (Fsp3) is 0.588. The summed E-state index contributed by atoms with van der Waals surface area (Å²) in [5.41, 5.74) is 1.22. The van der Waals surface area contributed by atoms with Crippen molar-refractivity contribution in [3.63, 3.8) is 0 Å². The summed E-state index contributed by atoms with van der Waals surface area (Å²) in [6, 6.07) is 3.52. The first-order valence-corrected chi connectivity index (χ1v) is 7.62. The number of nitrogens with zero attached hydrogens (tertiary/aromatic N) is 2. The van der Waals surface area contributed by atoms with Crippen LogP contribution >= 0.6 is 0 Å². The van der Waals surface area contributed by atoms with Crippen molar-refractivity contribution in [3.05, 3.63) is 29.6 Å². The van der Waals surface area contributed by atoms with Gasteiger partial charge in [-0.1, -0.05) is 13.0 Å². The predicted octanol–water partition coefficient (Wildman–Crippen LogP) is 3.28. The SMILES string of the molecule is Cc1ccc(C2CC(=O)C(C)CN2C(=O)OC(C)(C)C)cn1. The van der Waals surface area contributed by atoms with E-state index in [1.165, 1.54) is 0 Å². The molecule has 1 aromatic rings. The number of amides is 1. The quantitative estimate of drug-likeness (QED) is 0.799. The molecule has 0 radical (unpaired) electrons. The molecule has 2 rings (SSSR count). The Bertz CT molecular complexity index is 560. The molecule has 0 saturated carbocycles. The van der Waals surface area contributed by atoms with Crippen LogP contribution in [0.25, 0.3) is 0 Å². The molecule has 1 fully saturated rings. The Kier molecular flexibility index (Phi) is 4.54. The van der Waals surface area contributed by atoms with E-state index in [4.69, 9.17) is 4.74 Å². The normalized spacial score (nSPS) is 22.6. The van der Waals surface area contributed by atoms with Crippen LogP contribution in [0.1, 0.15) is 51.4 Å². The minimum Gasteiger partial charge on any atom is -0.444 e. The van der Waals surface area contributed by atoms with Crippen molar-refractivity contribution in [1.82, 2.24) is 9.88 Å². The van der Waals surface area contributed by atoms with Gasteiger partial charge >= 0.3 is 6.09 Å². The topological polar surface area (TPSA) is 59.5 Å². The zero-order valence-corrected chi connectivity index (χ0v) is 13.9. The lowest BCUT2D eigenvalue weighted by Gasteiger charge is -2.38. The molecule has 1 saturated heterocycles. The van der Waals surface area contributed by atoms with Gasteiger partial charge in [0.25, 0.3) is 0 Å². The Hall–Kier alpha value is -1.91. The van der Waals surface area contributed by atoms with Gasteiger partial charge in [0.2, 0.25) is 0 Å². The molecule has 1 aliphatic heterocycles. The third kappa shape index (κ3) is 3.84. The number of hydrogen-bond acceptors (Lipinski definition) is 4. The number of piperidine rings is 1. The maximum absolute atomic E-state index is 12.5. The Morgan fingerprint density at radius 2 is 2.05 bits per heavy atom. The summed E-state index contributed by atoms with van der Waals surface area (Å²) < 4.78 is 5.49. The van der Waals surface area contributed by atoms with Crippen LogP contribution in [0.5, 0.6) is 0 Å². The van der Waals surface area contributed by atoms with Crippen molar-refractivity contribution in [2.45, 2.75) is 52.7 Å². The highest BCUT2D eigenvalue weighted by atomic mass is 16.6. The van der Waals surface area contributed by atoms with Crippen LogP contribution in [-0.2, 0) is 9.53 Å². The van der Waals surface area contributed by atoms with Crippen molar-refractivity contribution in [3.8, 4) is 0 Å². The third-order valence-electron chi connectivity index (χ3n) is 3.74. The second kappa shape index (κ2) is 6.07. The van der Waals surface area contributed by atoms with E-state index in [9.17, 15) is 9.59 Å². The van der Waals surface area contributed by atoms with Gasteiger partial charge < -0.3 is 4.74 Å². The van der Waals surface area contributed by atoms with Gasteiger partial charge in [-0.25, -0.2) is 4.79 Å².